The van der Waals surface area contributed by atoms with Crippen molar-refractivity contribution in [2.75, 3.05) is 0 Å². The summed E-state index contributed by atoms with van der Waals surface area (Å²) < 4.78 is 0. The molecule has 212 valence electrons. The van der Waals surface area contributed by atoms with E-state index in [4.69, 9.17) is 0 Å². The van der Waals surface area contributed by atoms with Gasteiger partial charge in [0.15, 0.2) is 0 Å². The Morgan fingerprint density at radius 2 is 1.23 bits per heavy atom. The minimum absolute atomic E-state index is 0.479. The van der Waals surface area contributed by atoms with Crippen molar-refractivity contribution in [3.05, 3.63) is 203 Å². The van der Waals surface area contributed by atoms with Gasteiger partial charge in [0.05, 0.1) is 5.41 Å². The summed E-state index contributed by atoms with van der Waals surface area (Å²) in [6.07, 6.45) is 2.00. The summed E-state index contributed by atoms with van der Waals surface area (Å²) in [6, 6.07) is 52.6. The summed E-state index contributed by atoms with van der Waals surface area (Å²) in [5, 5.41) is 3.48. The van der Waals surface area contributed by atoms with Crippen LogP contribution in [0.4, 0.5) is 0 Å². The second-order valence-electron chi connectivity index (χ2n) is 11.6. The van der Waals surface area contributed by atoms with E-state index in [1.165, 1.54) is 55.6 Å². The Bertz CT molecular complexity index is 2000. The van der Waals surface area contributed by atoms with Crippen LogP contribution in [0.15, 0.2) is 159 Å². The molecule has 0 aliphatic heterocycles. The normalized spacial score (nSPS) is 14.8. The highest BCUT2D eigenvalue weighted by molar-refractivity contribution is 5.89. The Balaban J connectivity index is 1.36. The quantitative estimate of drug-likeness (QED) is 0.193. The molecule has 1 N–H and O–H groups in total. The van der Waals surface area contributed by atoms with Gasteiger partial charge in [-0.15, -0.1) is 0 Å². The van der Waals surface area contributed by atoms with Crippen LogP contribution in [0.1, 0.15) is 44.5 Å². The lowest BCUT2D eigenvalue weighted by Gasteiger charge is -2.36. The number of fused-ring (bicyclic) bond motifs is 3. The first-order chi connectivity index (χ1) is 21.6. The smallest absolute Gasteiger partial charge is 0.0722 e. The van der Waals surface area contributed by atoms with Gasteiger partial charge < -0.3 is 5.32 Å². The van der Waals surface area contributed by atoms with Crippen molar-refractivity contribution in [1.29, 1.82) is 0 Å². The van der Waals surface area contributed by atoms with Crippen LogP contribution in [0.5, 0.6) is 0 Å². The second kappa shape index (κ2) is 11.4. The standard InChI is InChI=1S/C43H35N/c1-4-33-17-9-12-20-40(33)43(39-19-11-8-14-30(39)2)41-21-13-10-18-37(41)38-27-26-36(28-42(38)43)35-24-22-34(23-25-35)31(3)44-29-32-15-6-5-7-16-32/h4-28,44H,1,3,29H2,2H3. The Kier molecular flexibility index (Phi) is 7.08. The van der Waals surface area contributed by atoms with E-state index in [1.54, 1.807) is 0 Å². The molecule has 0 saturated heterocycles. The van der Waals surface area contributed by atoms with Gasteiger partial charge in [-0.2, -0.15) is 0 Å². The van der Waals surface area contributed by atoms with Gasteiger partial charge in [-0.3, -0.25) is 0 Å². The van der Waals surface area contributed by atoms with Crippen molar-refractivity contribution in [2.45, 2.75) is 18.9 Å². The van der Waals surface area contributed by atoms with E-state index in [-0.39, 0.29) is 0 Å². The molecule has 1 aliphatic carbocycles. The molecule has 0 aromatic heterocycles. The largest absolute Gasteiger partial charge is 0.381 e. The maximum atomic E-state index is 4.30. The fraction of sp³-hybridized carbons (Fsp3) is 0.0698. The molecule has 44 heavy (non-hydrogen) atoms. The third-order valence-electron chi connectivity index (χ3n) is 9.09. The average Bonchev–Trinajstić information content (AvgIpc) is 3.38. The molecule has 0 heterocycles. The minimum Gasteiger partial charge on any atom is -0.381 e. The lowest BCUT2D eigenvalue weighted by molar-refractivity contribution is 0.759. The molecular weight excluding hydrogens is 530 g/mol. The molecule has 1 heteroatoms. The van der Waals surface area contributed by atoms with Crippen molar-refractivity contribution in [2.24, 2.45) is 0 Å². The first-order valence-corrected chi connectivity index (χ1v) is 15.2. The first kappa shape index (κ1) is 27.4. The van der Waals surface area contributed by atoms with Gasteiger partial charge in [0.2, 0.25) is 0 Å². The van der Waals surface area contributed by atoms with Gasteiger partial charge in [-0.05, 0) is 79.8 Å². The van der Waals surface area contributed by atoms with Crippen LogP contribution in [0.25, 0.3) is 34.0 Å². The average molecular weight is 566 g/mol. The molecule has 1 unspecified atom stereocenters. The van der Waals surface area contributed by atoms with Crippen LogP contribution in [0.3, 0.4) is 0 Å². The fourth-order valence-corrected chi connectivity index (χ4v) is 6.97. The number of rotatable bonds is 8. The van der Waals surface area contributed by atoms with E-state index >= 15 is 0 Å². The Labute approximate surface area is 260 Å². The SMILES string of the molecule is C=Cc1ccccc1C1(c2ccccc2C)c2ccccc2-c2ccc(-c3ccc(C(=C)NCc4ccccc4)cc3)cc21. The van der Waals surface area contributed by atoms with Gasteiger partial charge in [0.25, 0.3) is 0 Å². The molecule has 0 radical (unpaired) electrons. The molecule has 0 fully saturated rings. The predicted molar refractivity (Wildman–Crippen MR) is 186 cm³/mol. The number of aryl methyl sites for hydroxylation is 1. The molecule has 0 spiro atoms. The summed E-state index contributed by atoms with van der Waals surface area (Å²) >= 11 is 0. The molecule has 1 aliphatic rings. The van der Waals surface area contributed by atoms with Crippen molar-refractivity contribution < 1.29 is 0 Å². The predicted octanol–water partition coefficient (Wildman–Crippen LogP) is 10.4. The molecule has 6 aromatic carbocycles. The third kappa shape index (κ3) is 4.49. The van der Waals surface area contributed by atoms with E-state index in [0.29, 0.717) is 0 Å². The number of nitrogens with one attached hydrogen (secondary N) is 1. The molecule has 1 nitrogen and oxygen atoms in total. The Morgan fingerprint density at radius 3 is 1.98 bits per heavy atom. The Hall–Kier alpha value is -5.40. The number of benzene rings is 6. The van der Waals surface area contributed by atoms with Gasteiger partial charge in [0.1, 0.15) is 0 Å². The third-order valence-corrected chi connectivity index (χ3v) is 9.09. The van der Waals surface area contributed by atoms with Crippen LogP contribution in [0.2, 0.25) is 0 Å². The highest BCUT2D eigenvalue weighted by Gasteiger charge is 2.47. The fourth-order valence-electron chi connectivity index (χ4n) is 6.97. The van der Waals surface area contributed by atoms with Gasteiger partial charge in [0, 0.05) is 12.2 Å². The second-order valence-corrected chi connectivity index (χ2v) is 11.6. The van der Waals surface area contributed by atoms with Crippen LogP contribution in [-0.4, -0.2) is 0 Å². The number of hydrogen-bond donors (Lipinski definition) is 1. The zero-order valence-electron chi connectivity index (χ0n) is 25.1. The molecule has 6 aromatic rings. The summed E-state index contributed by atoms with van der Waals surface area (Å²) in [4.78, 5) is 0. The lowest BCUT2D eigenvalue weighted by Crippen LogP contribution is -2.30. The van der Waals surface area contributed by atoms with Crippen LogP contribution in [-0.2, 0) is 12.0 Å². The molecular formula is C43H35N. The molecule has 0 amide bonds. The Morgan fingerprint density at radius 1 is 0.614 bits per heavy atom. The van der Waals surface area contributed by atoms with Crippen LogP contribution >= 0.6 is 0 Å². The highest BCUT2D eigenvalue weighted by atomic mass is 14.9. The van der Waals surface area contributed by atoms with Crippen molar-refractivity contribution in [3.63, 3.8) is 0 Å². The zero-order chi connectivity index (χ0) is 30.1. The minimum atomic E-state index is -0.479. The molecule has 0 bridgehead atoms. The summed E-state index contributed by atoms with van der Waals surface area (Å²) in [5.74, 6) is 0. The van der Waals surface area contributed by atoms with Crippen LogP contribution in [0, 0.1) is 6.92 Å². The van der Waals surface area contributed by atoms with Gasteiger partial charge in [-0.25, -0.2) is 0 Å². The topological polar surface area (TPSA) is 12.0 Å². The van der Waals surface area contributed by atoms with E-state index in [1.807, 2.05) is 12.1 Å². The van der Waals surface area contributed by atoms with E-state index in [2.05, 4.69) is 165 Å². The van der Waals surface area contributed by atoms with Crippen molar-refractivity contribution >= 4 is 11.8 Å². The number of hydrogen-bond acceptors (Lipinski definition) is 1. The van der Waals surface area contributed by atoms with Gasteiger partial charge >= 0.3 is 0 Å². The molecule has 0 saturated carbocycles. The summed E-state index contributed by atoms with van der Waals surface area (Å²) in [5.41, 5.74) is 15.3. The molecule has 7 rings (SSSR count). The maximum Gasteiger partial charge on any atom is 0.0722 e. The first-order valence-electron chi connectivity index (χ1n) is 15.2. The van der Waals surface area contributed by atoms with Crippen LogP contribution < -0.4 is 5.32 Å². The zero-order valence-corrected chi connectivity index (χ0v) is 25.1. The summed E-state index contributed by atoms with van der Waals surface area (Å²) in [7, 11) is 0. The van der Waals surface area contributed by atoms with E-state index < -0.39 is 5.41 Å². The monoisotopic (exact) mass is 565 g/mol. The summed E-state index contributed by atoms with van der Waals surface area (Å²) in [6.45, 7) is 11.5. The lowest BCUT2D eigenvalue weighted by atomic mass is 9.65. The van der Waals surface area contributed by atoms with Crippen molar-refractivity contribution in [3.8, 4) is 22.3 Å². The van der Waals surface area contributed by atoms with E-state index in [9.17, 15) is 0 Å². The maximum absolute atomic E-state index is 4.30. The highest BCUT2D eigenvalue weighted by Crippen LogP contribution is 2.58. The van der Waals surface area contributed by atoms with E-state index in [0.717, 1.165) is 23.4 Å². The van der Waals surface area contributed by atoms with Crippen molar-refractivity contribution in [1.82, 2.24) is 5.32 Å². The molecule has 1 atom stereocenters. The van der Waals surface area contributed by atoms with Gasteiger partial charge in [-0.1, -0.05) is 159 Å².